The summed E-state index contributed by atoms with van der Waals surface area (Å²) in [6.07, 6.45) is 2.83. The highest BCUT2D eigenvalue weighted by Crippen LogP contribution is 2.62. The second-order valence-corrected chi connectivity index (χ2v) is 13.2. The van der Waals surface area contributed by atoms with Gasteiger partial charge >= 0.3 is 0 Å². The minimum atomic E-state index is -4.08. The maximum absolute atomic E-state index is 14.9. The van der Waals surface area contributed by atoms with Gasteiger partial charge in [-0.05, 0) is 48.8 Å². The van der Waals surface area contributed by atoms with E-state index < -0.39 is 23.8 Å². The van der Waals surface area contributed by atoms with Gasteiger partial charge in [-0.25, -0.2) is 0 Å². The van der Waals surface area contributed by atoms with Crippen LogP contribution in [0, 0.1) is 13.8 Å². The second-order valence-electron chi connectivity index (χ2n) is 10.3. The number of aryl methyl sites for hydroxylation is 2. The molecular weight excluding hydrogens is 463 g/mol. The maximum atomic E-state index is 14.9. The predicted octanol–water partition coefficient (Wildman–Crippen LogP) is 6.91. The molecule has 6 nitrogen and oxygen atoms in total. The van der Waals surface area contributed by atoms with E-state index in [2.05, 4.69) is 20.8 Å². The molecule has 0 amide bonds. The average molecular weight is 501 g/mol. The van der Waals surface area contributed by atoms with Crippen molar-refractivity contribution in [3.8, 4) is 17.2 Å². The lowest BCUT2D eigenvalue weighted by Crippen LogP contribution is -2.22. The molecule has 0 aliphatic heterocycles. The van der Waals surface area contributed by atoms with Gasteiger partial charge in [-0.15, -0.1) is 0 Å². The maximum Gasteiger partial charge on any atom is 0.236 e. The third kappa shape index (κ3) is 4.91. The monoisotopic (exact) mass is 500 g/mol. The van der Waals surface area contributed by atoms with Crippen LogP contribution in [0.2, 0.25) is 0 Å². The van der Waals surface area contributed by atoms with Crippen LogP contribution in [0.1, 0.15) is 83.9 Å². The normalized spacial score (nSPS) is 16.0. The van der Waals surface area contributed by atoms with Gasteiger partial charge in [-0.2, -0.15) is 0 Å². The van der Waals surface area contributed by atoms with Crippen molar-refractivity contribution in [1.29, 1.82) is 0 Å². The zero-order valence-electron chi connectivity index (χ0n) is 22.1. The van der Waals surface area contributed by atoms with Crippen molar-refractivity contribution >= 4 is 18.2 Å². The highest BCUT2D eigenvalue weighted by Gasteiger charge is 2.50. The molecule has 0 saturated heterocycles. The van der Waals surface area contributed by atoms with Gasteiger partial charge < -0.3 is 18.8 Å². The van der Waals surface area contributed by atoms with Gasteiger partial charge in [0.25, 0.3) is 0 Å². The van der Waals surface area contributed by atoms with Crippen molar-refractivity contribution < 1.29 is 28.4 Å². The van der Waals surface area contributed by atoms with E-state index in [0.29, 0.717) is 24.2 Å². The molecular formula is C28H37O6P. The Kier molecular flexibility index (Phi) is 7.86. The smallest absolute Gasteiger partial charge is 0.236 e. The van der Waals surface area contributed by atoms with E-state index in [1.54, 1.807) is 12.1 Å². The summed E-state index contributed by atoms with van der Waals surface area (Å²) in [7, 11) is 0.257. The molecule has 0 N–H and O–H groups in total. The Bertz CT molecular complexity index is 1140. The Morgan fingerprint density at radius 1 is 0.800 bits per heavy atom. The average Bonchev–Trinajstić information content (AvgIpc) is 3.36. The summed E-state index contributed by atoms with van der Waals surface area (Å²) in [5.41, 5.74) is 1.10. The highest BCUT2D eigenvalue weighted by molar-refractivity contribution is 7.96. The molecule has 0 aromatic heterocycles. The first-order valence-corrected chi connectivity index (χ1v) is 13.8. The van der Waals surface area contributed by atoms with Crippen LogP contribution in [0.3, 0.4) is 0 Å². The number of rotatable bonds is 8. The summed E-state index contributed by atoms with van der Waals surface area (Å²) in [5.74, 6) is 0.782. The number of benzene rings is 2. The fraction of sp³-hybridized carbons (Fsp3) is 0.500. The van der Waals surface area contributed by atoms with Gasteiger partial charge in [-0.1, -0.05) is 45.7 Å². The van der Waals surface area contributed by atoms with Crippen LogP contribution in [-0.2, 0) is 9.98 Å². The topological polar surface area (TPSA) is 78.9 Å². The Labute approximate surface area is 208 Å². The molecule has 1 aliphatic rings. The van der Waals surface area contributed by atoms with Crippen molar-refractivity contribution in [3.05, 3.63) is 52.1 Å². The summed E-state index contributed by atoms with van der Waals surface area (Å²) < 4.78 is 31.1. The van der Waals surface area contributed by atoms with Crippen molar-refractivity contribution in [3.63, 3.8) is 0 Å². The van der Waals surface area contributed by atoms with Gasteiger partial charge in [0.15, 0.2) is 0 Å². The SMILES string of the molecule is COc1cc(OC)c(C(=O)P(=O)(C(=O)c2c(C)cc(C(C)(C)C)cc2C)C2CCCC2)c(OC)c1. The van der Waals surface area contributed by atoms with E-state index in [1.807, 2.05) is 26.0 Å². The van der Waals surface area contributed by atoms with E-state index in [4.69, 9.17) is 14.2 Å². The fourth-order valence-corrected chi connectivity index (χ4v) is 8.15. The summed E-state index contributed by atoms with van der Waals surface area (Å²) in [4.78, 5) is 28.4. The zero-order chi connectivity index (χ0) is 26.1. The number of hydrogen-bond acceptors (Lipinski definition) is 6. The van der Waals surface area contributed by atoms with E-state index in [0.717, 1.165) is 29.5 Å². The lowest BCUT2D eigenvalue weighted by Gasteiger charge is -2.26. The Hall–Kier alpha value is -2.59. The molecule has 35 heavy (non-hydrogen) atoms. The first kappa shape index (κ1) is 27.0. The summed E-state index contributed by atoms with van der Waals surface area (Å²) in [5, 5.41) is 0. The molecule has 2 aromatic rings. The lowest BCUT2D eigenvalue weighted by atomic mass is 9.84. The van der Waals surface area contributed by atoms with E-state index in [1.165, 1.54) is 21.3 Å². The van der Waals surface area contributed by atoms with Crippen LogP contribution in [0.25, 0.3) is 0 Å². The van der Waals surface area contributed by atoms with Gasteiger partial charge in [0.05, 0.1) is 21.3 Å². The molecule has 190 valence electrons. The van der Waals surface area contributed by atoms with E-state index in [-0.39, 0.29) is 22.5 Å². The largest absolute Gasteiger partial charge is 0.496 e. The third-order valence-corrected chi connectivity index (χ3v) is 10.2. The van der Waals surface area contributed by atoms with Gasteiger partial charge in [0.2, 0.25) is 18.2 Å². The summed E-state index contributed by atoms with van der Waals surface area (Å²) >= 11 is 0. The molecule has 0 heterocycles. The van der Waals surface area contributed by atoms with Crippen molar-refractivity contribution in [2.45, 2.75) is 71.4 Å². The first-order valence-electron chi connectivity index (χ1n) is 12.0. The Balaban J connectivity index is 2.24. The zero-order valence-corrected chi connectivity index (χ0v) is 23.0. The Morgan fingerprint density at radius 2 is 1.26 bits per heavy atom. The van der Waals surface area contributed by atoms with Crippen molar-refractivity contribution in [2.24, 2.45) is 0 Å². The standard InChI is InChI=1S/C28H37O6P/c1-17-13-19(28(3,4)5)14-18(2)24(17)26(29)35(31,21-11-9-10-12-21)27(30)25-22(33-7)15-20(32-6)16-23(25)34-8/h13-16,21H,9-12H2,1-8H3. The van der Waals surface area contributed by atoms with Crippen LogP contribution in [0.15, 0.2) is 24.3 Å². The molecule has 1 fully saturated rings. The minimum Gasteiger partial charge on any atom is -0.496 e. The summed E-state index contributed by atoms with van der Waals surface area (Å²) in [6, 6.07) is 7.04. The molecule has 0 radical (unpaired) electrons. The van der Waals surface area contributed by atoms with Crippen LogP contribution in [0.5, 0.6) is 17.2 Å². The number of carbonyl (C=O) groups is 2. The molecule has 1 saturated carbocycles. The number of hydrogen-bond donors (Lipinski definition) is 0. The number of methoxy groups -OCH3 is 3. The first-order chi connectivity index (χ1) is 16.4. The molecule has 1 atom stereocenters. The van der Waals surface area contributed by atoms with Crippen molar-refractivity contribution in [1.82, 2.24) is 0 Å². The van der Waals surface area contributed by atoms with Gasteiger partial charge in [0, 0.05) is 23.4 Å². The van der Waals surface area contributed by atoms with E-state index in [9.17, 15) is 14.2 Å². The molecule has 1 aliphatic carbocycles. The number of ether oxygens (including phenoxy) is 3. The Morgan fingerprint density at radius 3 is 1.66 bits per heavy atom. The number of carbonyl (C=O) groups excluding carboxylic acids is 2. The molecule has 7 heteroatoms. The summed E-state index contributed by atoms with van der Waals surface area (Å²) in [6.45, 7) is 10.0. The quantitative estimate of drug-likeness (QED) is 0.366. The third-order valence-electron chi connectivity index (χ3n) is 6.98. The predicted molar refractivity (Wildman–Crippen MR) is 139 cm³/mol. The van der Waals surface area contributed by atoms with Crippen molar-refractivity contribution in [2.75, 3.05) is 21.3 Å². The van der Waals surface area contributed by atoms with Gasteiger partial charge in [0.1, 0.15) is 22.8 Å². The van der Waals surface area contributed by atoms with Crippen LogP contribution < -0.4 is 14.2 Å². The molecule has 0 spiro atoms. The fourth-order valence-electron chi connectivity index (χ4n) is 4.97. The molecule has 2 aromatic carbocycles. The van der Waals surface area contributed by atoms with Crippen LogP contribution >= 0.6 is 7.14 Å². The van der Waals surface area contributed by atoms with E-state index >= 15 is 0 Å². The molecule has 0 bridgehead atoms. The molecule has 1 unspecified atom stereocenters. The molecule has 3 rings (SSSR count). The minimum absolute atomic E-state index is 0.0287. The highest BCUT2D eigenvalue weighted by atomic mass is 31.2. The van der Waals surface area contributed by atoms with Crippen LogP contribution in [-0.4, -0.2) is 38.0 Å². The van der Waals surface area contributed by atoms with Gasteiger partial charge in [-0.3, -0.25) is 9.59 Å². The second kappa shape index (κ2) is 10.2. The lowest BCUT2D eigenvalue weighted by molar-refractivity contribution is 0.103. The van der Waals surface area contributed by atoms with Crippen LogP contribution in [0.4, 0.5) is 0 Å².